The van der Waals surface area contributed by atoms with Crippen molar-refractivity contribution in [1.29, 1.82) is 0 Å². The molecule has 1 saturated heterocycles. The van der Waals surface area contributed by atoms with Crippen LogP contribution in [0.5, 0.6) is 0 Å². The smallest absolute Gasteiger partial charge is 0.232 e. The molecule has 0 aromatic carbocycles. The highest BCUT2D eigenvalue weighted by Gasteiger charge is 2.35. The zero-order valence-corrected chi connectivity index (χ0v) is 7.28. The first-order valence-electron chi connectivity index (χ1n) is 4.04. The number of aliphatic hydroxyl groups excluding tert-OH is 1. The second kappa shape index (κ2) is 3.23. The number of rotatable bonds is 2. The lowest BCUT2D eigenvalue weighted by Gasteiger charge is -2.15. The van der Waals surface area contributed by atoms with Gasteiger partial charge in [0.05, 0.1) is 12.6 Å². The van der Waals surface area contributed by atoms with Crippen molar-refractivity contribution in [3.8, 4) is 0 Å². The Bertz CT molecular complexity index is 212. The van der Waals surface area contributed by atoms with Crippen molar-refractivity contribution in [1.82, 2.24) is 4.90 Å². The van der Waals surface area contributed by atoms with Gasteiger partial charge in [-0.25, -0.2) is 0 Å². The summed E-state index contributed by atoms with van der Waals surface area (Å²) >= 11 is 0. The molecule has 0 aliphatic carbocycles. The topological polar surface area (TPSA) is 57.6 Å². The van der Waals surface area contributed by atoms with Gasteiger partial charge in [-0.3, -0.25) is 14.5 Å². The summed E-state index contributed by atoms with van der Waals surface area (Å²) in [5.41, 5.74) is 0. The van der Waals surface area contributed by atoms with Gasteiger partial charge in [-0.15, -0.1) is 0 Å². The van der Waals surface area contributed by atoms with Gasteiger partial charge in [0, 0.05) is 12.3 Å². The van der Waals surface area contributed by atoms with Gasteiger partial charge in [-0.1, -0.05) is 6.92 Å². The van der Waals surface area contributed by atoms with Crippen LogP contribution in [0.25, 0.3) is 0 Å². The van der Waals surface area contributed by atoms with E-state index >= 15 is 0 Å². The van der Waals surface area contributed by atoms with Gasteiger partial charge in [-0.05, 0) is 6.92 Å². The Balaban J connectivity index is 2.64. The lowest BCUT2D eigenvalue weighted by Crippen LogP contribution is -2.36. The molecule has 4 nitrogen and oxygen atoms in total. The highest BCUT2D eigenvalue weighted by molar-refractivity contribution is 6.03. The average Bonchev–Trinajstić information content (AvgIpc) is 2.16. The SMILES string of the molecule is CC(O)CN1C(=O)CC(C)C1=O. The Morgan fingerprint density at radius 2 is 2.25 bits per heavy atom. The normalized spacial score (nSPS) is 26.6. The van der Waals surface area contributed by atoms with E-state index in [4.69, 9.17) is 5.11 Å². The third kappa shape index (κ3) is 1.64. The molecule has 0 aromatic rings. The lowest BCUT2D eigenvalue weighted by molar-refractivity contribution is -0.140. The third-order valence-corrected chi connectivity index (χ3v) is 1.92. The number of carbonyl (C=O) groups is 2. The van der Waals surface area contributed by atoms with Gasteiger partial charge in [0.25, 0.3) is 0 Å². The minimum atomic E-state index is -0.636. The monoisotopic (exact) mass is 171 g/mol. The number of imide groups is 1. The molecular weight excluding hydrogens is 158 g/mol. The molecule has 0 spiro atoms. The second-order valence-corrected chi connectivity index (χ2v) is 3.30. The average molecular weight is 171 g/mol. The number of β-amino-alcohol motifs (C(OH)–C–C–N with tert-alkyl or cyclic N) is 1. The first kappa shape index (κ1) is 9.19. The molecule has 0 aromatic heterocycles. The predicted molar refractivity (Wildman–Crippen MR) is 42.2 cm³/mol. The van der Waals surface area contributed by atoms with Crippen molar-refractivity contribution >= 4 is 11.8 Å². The van der Waals surface area contributed by atoms with Gasteiger partial charge < -0.3 is 5.11 Å². The van der Waals surface area contributed by atoms with E-state index in [0.717, 1.165) is 4.90 Å². The van der Waals surface area contributed by atoms with Crippen LogP contribution in [0, 0.1) is 5.92 Å². The summed E-state index contributed by atoms with van der Waals surface area (Å²) in [4.78, 5) is 23.5. The summed E-state index contributed by atoms with van der Waals surface area (Å²) < 4.78 is 0. The predicted octanol–water partition coefficient (Wildman–Crippen LogP) is -0.238. The molecule has 4 heteroatoms. The van der Waals surface area contributed by atoms with Gasteiger partial charge in [0.15, 0.2) is 0 Å². The van der Waals surface area contributed by atoms with Crippen LogP contribution in [-0.2, 0) is 9.59 Å². The molecule has 2 amide bonds. The van der Waals surface area contributed by atoms with Crippen LogP contribution in [0.2, 0.25) is 0 Å². The van der Waals surface area contributed by atoms with Crippen LogP contribution in [0.15, 0.2) is 0 Å². The molecule has 0 radical (unpaired) electrons. The number of aliphatic hydroxyl groups is 1. The summed E-state index contributed by atoms with van der Waals surface area (Å²) in [5, 5.41) is 8.99. The standard InChI is InChI=1S/C8H13NO3/c1-5-3-7(11)9(8(5)12)4-6(2)10/h5-6,10H,3-4H2,1-2H3. The second-order valence-electron chi connectivity index (χ2n) is 3.30. The van der Waals surface area contributed by atoms with Crippen molar-refractivity contribution in [3.63, 3.8) is 0 Å². The highest BCUT2D eigenvalue weighted by atomic mass is 16.3. The molecule has 12 heavy (non-hydrogen) atoms. The van der Waals surface area contributed by atoms with E-state index in [1.54, 1.807) is 13.8 Å². The van der Waals surface area contributed by atoms with Gasteiger partial charge in [0.1, 0.15) is 0 Å². The molecule has 1 aliphatic heterocycles. The molecule has 1 aliphatic rings. The van der Waals surface area contributed by atoms with Crippen LogP contribution >= 0.6 is 0 Å². The Morgan fingerprint density at radius 3 is 2.58 bits per heavy atom. The molecule has 0 saturated carbocycles. The Kier molecular flexibility index (Phi) is 2.47. The highest BCUT2D eigenvalue weighted by Crippen LogP contribution is 2.18. The lowest BCUT2D eigenvalue weighted by atomic mass is 10.1. The molecule has 68 valence electrons. The Hall–Kier alpha value is -0.900. The fraction of sp³-hybridized carbons (Fsp3) is 0.750. The zero-order chi connectivity index (χ0) is 9.30. The van der Waals surface area contributed by atoms with Crippen molar-refractivity contribution in [2.75, 3.05) is 6.54 Å². The van der Waals surface area contributed by atoms with Gasteiger partial charge >= 0.3 is 0 Å². The molecule has 1 rings (SSSR count). The Labute approximate surface area is 71.2 Å². The number of hydrogen-bond acceptors (Lipinski definition) is 3. The Morgan fingerprint density at radius 1 is 1.67 bits per heavy atom. The number of likely N-dealkylation sites (tertiary alicyclic amines) is 1. The molecule has 2 unspecified atom stereocenters. The van der Waals surface area contributed by atoms with Crippen LogP contribution in [0.1, 0.15) is 20.3 Å². The van der Waals surface area contributed by atoms with Crippen LogP contribution in [0.3, 0.4) is 0 Å². The van der Waals surface area contributed by atoms with E-state index in [9.17, 15) is 9.59 Å². The molecule has 2 atom stereocenters. The van der Waals surface area contributed by atoms with Gasteiger partial charge in [-0.2, -0.15) is 0 Å². The van der Waals surface area contributed by atoms with Crippen LogP contribution in [0.4, 0.5) is 0 Å². The minimum Gasteiger partial charge on any atom is -0.392 e. The van der Waals surface area contributed by atoms with Crippen LogP contribution < -0.4 is 0 Å². The number of carbonyl (C=O) groups excluding carboxylic acids is 2. The summed E-state index contributed by atoms with van der Waals surface area (Å²) in [5.74, 6) is -0.550. The fourth-order valence-corrected chi connectivity index (χ4v) is 1.30. The number of hydrogen-bond donors (Lipinski definition) is 1. The van der Waals surface area contributed by atoms with E-state index in [0.29, 0.717) is 0 Å². The maximum absolute atomic E-state index is 11.2. The first-order valence-corrected chi connectivity index (χ1v) is 4.04. The summed E-state index contributed by atoms with van der Waals surface area (Å²) in [6, 6.07) is 0. The zero-order valence-electron chi connectivity index (χ0n) is 7.28. The number of amides is 2. The minimum absolute atomic E-state index is 0.127. The van der Waals surface area contributed by atoms with Crippen molar-refractivity contribution in [3.05, 3.63) is 0 Å². The van der Waals surface area contributed by atoms with Crippen molar-refractivity contribution in [2.45, 2.75) is 26.4 Å². The van der Waals surface area contributed by atoms with Gasteiger partial charge in [0.2, 0.25) is 11.8 Å². The molecule has 0 bridgehead atoms. The van der Waals surface area contributed by atoms with E-state index < -0.39 is 6.10 Å². The van der Waals surface area contributed by atoms with E-state index in [2.05, 4.69) is 0 Å². The first-order chi connectivity index (χ1) is 5.52. The largest absolute Gasteiger partial charge is 0.392 e. The summed E-state index contributed by atoms with van der Waals surface area (Å²) in [7, 11) is 0. The summed E-state index contributed by atoms with van der Waals surface area (Å²) in [6.45, 7) is 3.41. The fourth-order valence-electron chi connectivity index (χ4n) is 1.30. The molecular formula is C8H13NO3. The molecule has 1 heterocycles. The maximum atomic E-state index is 11.2. The maximum Gasteiger partial charge on any atom is 0.232 e. The summed E-state index contributed by atoms with van der Waals surface area (Å²) in [6.07, 6.45) is -0.353. The van der Waals surface area contributed by atoms with E-state index in [1.807, 2.05) is 0 Å². The van der Waals surface area contributed by atoms with Crippen molar-refractivity contribution in [2.24, 2.45) is 5.92 Å². The van der Waals surface area contributed by atoms with E-state index in [-0.39, 0.29) is 30.7 Å². The molecule has 1 N–H and O–H groups in total. The third-order valence-electron chi connectivity index (χ3n) is 1.92. The van der Waals surface area contributed by atoms with Crippen molar-refractivity contribution < 1.29 is 14.7 Å². The van der Waals surface area contributed by atoms with Crippen LogP contribution in [-0.4, -0.2) is 34.5 Å². The van der Waals surface area contributed by atoms with E-state index in [1.165, 1.54) is 0 Å². The molecule has 1 fully saturated rings. The number of nitrogens with zero attached hydrogens (tertiary/aromatic N) is 1. The quantitative estimate of drug-likeness (QED) is 0.583.